The lowest BCUT2D eigenvalue weighted by molar-refractivity contribution is 0.103. The van der Waals surface area contributed by atoms with E-state index in [-0.39, 0.29) is 5.78 Å². The van der Waals surface area contributed by atoms with Gasteiger partial charge in [0, 0.05) is 15.6 Å². The minimum absolute atomic E-state index is 0.0380. The van der Waals surface area contributed by atoms with Crippen LogP contribution >= 0.6 is 22.6 Å². The quantitative estimate of drug-likeness (QED) is 0.466. The van der Waals surface area contributed by atoms with E-state index in [1.807, 2.05) is 42.5 Å². The smallest absolute Gasteiger partial charge is 0.193 e. The summed E-state index contributed by atoms with van der Waals surface area (Å²) in [7, 11) is 0. The normalized spacial score (nSPS) is 10.1. The Morgan fingerprint density at radius 1 is 0.944 bits per heavy atom. The summed E-state index contributed by atoms with van der Waals surface area (Å²) in [6, 6.07) is 16.6. The van der Waals surface area contributed by atoms with Crippen molar-refractivity contribution in [2.75, 3.05) is 11.0 Å². The van der Waals surface area contributed by atoms with Crippen molar-refractivity contribution >= 4 is 28.4 Å². The Hall–Kier alpha value is -1.36. The van der Waals surface area contributed by atoms with Crippen molar-refractivity contribution in [2.24, 2.45) is 0 Å². The summed E-state index contributed by atoms with van der Waals surface area (Å²) in [6.45, 7) is 0.687. The predicted octanol–water partition coefficient (Wildman–Crippen LogP) is 3.73. The predicted molar refractivity (Wildman–Crippen MR) is 80.7 cm³/mol. The van der Waals surface area contributed by atoms with E-state index >= 15 is 0 Å². The third-order valence-electron chi connectivity index (χ3n) is 2.50. The van der Waals surface area contributed by atoms with Crippen molar-refractivity contribution in [2.45, 2.75) is 0 Å². The van der Waals surface area contributed by atoms with E-state index in [0.717, 1.165) is 10.2 Å². The van der Waals surface area contributed by atoms with Crippen molar-refractivity contribution in [1.82, 2.24) is 0 Å². The van der Waals surface area contributed by atoms with Gasteiger partial charge in [-0.1, -0.05) is 52.9 Å². The highest BCUT2D eigenvalue weighted by molar-refractivity contribution is 14.1. The first-order valence-corrected chi connectivity index (χ1v) is 7.22. The molecule has 0 aromatic heterocycles. The molecular weight excluding hydrogens is 339 g/mol. The maximum absolute atomic E-state index is 12.1. The molecule has 0 amide bonds. The molecule has 0 aliphatic rings. The molecule has 2 aromatic rings. The van der Waals surface area contributed by atoms with Crippen LogP contribution in [0, 0.1) is 0 Å². The number of rotatable bonds is 5. The van der Waals surface area contributed by atoms with E-state index in [2.05, 4.69) is 22.6 Å². The molecule has 2 nitrogen and oxygen atoms in total. The van der Waals surface area contributed by atoms with Gasteiger partial charge in [-0.3, -0.25) is 4.79 Å². The first-order chi connectivity index (χ1) is 8.81. The second kappa shape index (κ2) is 6.54. The number of hydrogen-bond acceptors (Lipinski definition) is 2. The number of halogens is 1. The fourth-order valence-electron chi connectivity index (χ4n) is 1.62. The first kappa shape index (κ1) is 13.1. The summed E-state index contributed by atoms with van der Waals surface area (Å²) in [5, 5.41) is 0. The van der Waals surface area contributed by atoms with Gasteiger partial charge in [0.15, 0.2) is 5.78 Å². The fourth-order valence-corrected chi connectivity index (χ4v) is 1.84. The van der Waals surface area contributed by atoms with Crippen LogP contribution in [-0.4, -0.2) is 16.8 Å². The lowest BCUT2D eigenvalue weighted by atomic mass is 10.0. The van der Waals surface area contributed by atoms with Crippen LogP contribution in [0.5, 0.6) is 5.75 Å². The zero-order chi connectivity index (χ0) is 12.8. The maximum atomic E-state index is 12.1. The molecule has 0 radical (unpaired) electrons. The van der Waals surface area contributed by atoms with Gasteiger partial charge in [-0.2, -0.15) is 0 Å². The third kappa shape index (κ3) is 3.32. The largest absolute Gasteiger partial charge is 0.493 e. The van der Waals surface area contributed by atoms with Gasteiger partial charge < -0.3 is 4.74 Å². The standard InChI is InChI=1S/C15H13IO2/c16-10-11-18-14-8-6-13(7-9-14)15(17)12-4-2-1-3-5-12/h1-9H,10-11H2. The summed E-state index contributed by atoms with van der Waals surface area (Å²) in [4.78, 5) is 12.1. The molecule has 0 bridgehead atoms. The number of ketones is 1. The van der Waals surface area contributed by atoms with E-state index in [1.165, 1.54) is 0 Å². The topological polar surface area (TPSA) is 26.3 Å². The number of alkyl halides is 1. The summed E-state index contributed by atoms with van der Waals surface area (Å²) >= 11 is 2.26. The molecule has 0 atom stereocenters. The molecule has 3 heteroatoms. The van der Waals surface area contributed by atoms with Crippen molar-refractivity contribution in [1.29, 1.82) is 0 Å². The molecule has 18 heavy (non-hydrogen) atoms. The minimum atomic E-state index is 0.0380. The van der Waals surface area contributed by atoms with Crippen LogP contribution in [-0.2, 0) is 0 Å². The molecule has 2 rings (SSSR count). The molecule has 0 saturated heterocycles. The molecule has 0 spiro atoms. The monoisotopic (exact) mass is 352 g/mol. The van der Waals surface area contributed by atoms with Gasteiger partial charge in [0.25, 0.3) is 0 Å². The summed E-state index contributed by atoms with van der Waals surface area (Å²) < 4.78 is 6.42. The minimum Gasteiger partial charge on any atom is -0.493 e. The van der Waals surface area contributed by atoms with Crippen molar-refractivity contribution < 1.29 is 9.53 Å². The number of carbonyl (C=O) groups is 1. The van der Waals surface area contributed by atoms with Gasteiger partial charge >= 0.3 is 0 Å². The van der Waals surface area contributed by atoms with Gasteiger partial charge in [-0.25, -0.2) is 0 Å². The van der Waals surface area contributed by atoms with Gasteiger partial charge in [0.05, 0.1) is 6.61 Å². The second-order valence-electron chi connectivity index (χ2n) is 3.76. The fraction of sp³-hybridized carbons (Fsp3) is 0.133. The lowest BCUT2D eigenvalue weighted by Crippen LogP contribution is -2.02. The maximum Gasteiger partial charge on any atom is 0.193 e. The molecule has 0 fully saturated rings. The molecular formula is C15H13IO2. The molecule has 0 unspecified atom stereocenters. The van der Waals surface area contributed by atoms with Crippen LogP contribution < -0.4 is 4.74 Å². The molecule has 0 heterocycles. The molecule has 0 aliphatic heterocycles. The molecule has 92 valence electrons. The van der Waals surface area contributed by atoms with Gasteiger partial charge in [-0.15, -0.1) is 0 Å². The Morgan fingerprint density at radius 2 is 1.56 bits per heavy atom. The number of ether oxygens (including phenoxy) is 1. The van der Waals surface area contributed by atoms with E-state index < -0.39 is 0 Å². The zero-order valence-electron chi connectivity index (χ0n) is 9.80. The van der Waals surface area contributed by atoms with Gasteiger partial charge in [-0.05, 0) is 24.3 Å². The second-order valence-corrected chi connectivity index (χ2v) is 4.84. The Kier molecular flexibility index (Phi) is 4.75. The van der Waals surface area contributed by atoms with Crippen molar-refractivity contribution in [3.05, 3.63) is 65.7 Å². The van der Waals surface area contributed by atoms with Crippen LogP contribution in [0.15, 0.2) is 54.6 Å². The molecule has 2 aromatic carbocycles. The van der Waals surface area contributed by atoms with E-state index in [4.69, 9.17) is 4.74 Å². The third-order valence-corrected chi connectivity index (χ3v) is 2.94. The molecule has 0 aliphatic carbocycles. The molecule has 0 N–H and O–H groups in total. The average Bonchev–Trinajstić information content (AvgIpc) is 2.46. The van der Waals surface area contributed by atoms with Crippen LogP contribution in [0.4, 0.5) is 0 Å². The lowest BCUT2D eigenvalue weighted by Gasteiger charge is -2.05. The van der Waals surface area contributed by atoms with Crippen molar-refractivity contribution in [3.8, 4) is 5.75 Å². The summed E-state index contributed by atoms with van der Waals surface area (Å²) in [5.41, 5.74) is 1.39. The van der Waals surface area contributed by atoms with Crippen LogP contribution in [0.3, 0.4) is 0 Å². The Balaban J connectivity index is 2.12. The average molecular weight is 352 g/mol. The van der Waals surface area contributed by atoms with Crippen LogP contribution in [0.1, 0.15) is 15.9 Å². The van der Waals surface area contributed by atoms with E-state index in [9.17, 15) is 4.79 Å². The summed E-state index contributed by atoms with van der Waals surface area (Å²) in [5.74, 6) is 0.840. The highest BCUT2D eigenvalue weighted by Crippen LogP contribution is 2.15. The van der Waals surface area contributed by atoms with Crippen LogP contribution in [0.2, 0.25) is 0 Å². The van der Waals surface area contributed by atoms with E-state index in [1.54, 1.807) is 12.1 Å². The van der Waals surface area contributed by atoms with Crippen LogP contribution in [0.25, 0.3) is 0 Å². The highest BCUT2D eigenvalue weighted by Gasteiger charge is 2.07. The van der Waals surface area contributed by atoms with Crippen molar-refractivity contribution in [3.63, 3.8) is 0 Å². The summed E-state index contributed by atoms with van der Waals surface area (Å²) in [6.07, 6.45) is 0. The van der Waals surface area contributed by atoms with E-state index in [0.29, 0.717) is 17.7 Å². The Bertz CT molecular complexity index is 506. The first-order valence-electron chi connectivity index (χ1n) is 5.70. The Labute approximate surface area is 120 Å². The zero-order valence-corrected chi connectivity index (χ0v) is 12.0. The number of hydrogen-bond donors (Lipinski definition) is 0. The van der Waals surface area contributed by atoms with Gasteiger partial charge in [0.2, 0.25) is 0 Å². The van der Waals surface area contributed by atoms with Gasteiger partial charge in [0.1, 0.15) is 5.75 Å². The Morgan fingerprint density at radius 3 is 2.17 bits per heavy atom. The SMILES string of the molecule is O=C(c1ccccc1)c1ccc(OCCI)cc1. The number of benzene rings is 2. The number of carbonyl (C=O) groups excluding carboxylic acids is 1. The molecule has 0 saturated carbocycles. The highest BCUT2D eigenvalue weighted by atomic mass is 127.